The van der Waals surface area contributed by atoms with Crippen LogP contribution in [-0.4, -0.2) is 29.3 Å². The predicted octanol–water partition coefficient (Wildman–Crippen LogP) is 1.77. The summed E-state index contributed by atoms with van der Waals surface area (Å²) >= 11 is 0. The highest BCUT2D eigenvalue weighted by Gasteiger charge is 2.59. The smallest absolute Gasteiger partial charge is 0.326 e. The van der Waals surface area contributed by atoms with Crippen molar-refractivity contribution < 1.29 is 14.4 Å². The lowest BCUT2D eigenvalue weighted by Crippen LogP contribution is -2.57. The minimum absolute atomic E-state index is 0.143. The molecule has 0 spiro atoms. The molecule has 128 valence electrons. The highest BCUT2D eigenvalue weighted by atomic mass is 16.2. The van der Waals surface area contributed by atoms with Gasteiger partial charge in [-0.3, -0.25) is 19.8 Å². The largest absolute Gasteiger partial charge is 0.354 e. The first-order valence-corrected chi connectivity index (χ1v) is 8.11. The zero-order valence-electron chi connectivity index (χ0n) is 13.9. The quantitative estimate of drug-likeness (QED) is 0.645. The summed E-state index contributed by atoms with van der Waals surface area (Å²) in [4.78, 5) is 39.5. The van der Waals surface area contributed by atoms with Crippen molar-refractivity contribution in [2.45, 2.75) is 19.0 Å². The van der Waals surface area contributed by atoms with Gasteiger partial charge >= 0.3 is 6.03 Å². The van der Waals surface area contributed by atoms with Crippen LogP contribution in [0, 0.1) is 0 Å². The highest BCUT2D eigenvalue weighted by Crippen LogP contribution is 2.35. The van der Waals surface area contributed by atoms with Gasteiger partial charge in [-0.1, -0.05) is 60.7 Å². The van der Waals surface area contributed by atoms with Crippen LogP contribution in [0.25, 0.3) is 0 Å². The first-order chi connectivity index (χ1) is 12.1. The fourth-order valence-electron chi connectivity index (χ4n) is 3.10. The third-order valence-electron chi connectivity index (χ3n) is 4.24. The number of nitrogens with one attached hydrogen (secondary N) is 2. The third kappa shape index (κ3) is 2.76. The van der Waals surface area contributed by atoms with E-state index < -0.39 is 23.4 Å². The van der Waals surface area contributed by atoms with E-state index in [2.05, 4.69) is 10.6 Å². The Labute approximate surface area is 145 Å². The number of hydrogen-bond acceptors (Lipinski definition) is 3. The number of nitrogens with zero attached hydrogens (tertiary/aromatic N) is 1. The molecule has 25 heavy (non-hydrogen) atoms. The Morgan fingerprint density at radius 1 is 1.04 bits per heavy atom. The van der Waals surface area contributed by atoms with Gasteiger partial charge in [-0.05, 0) is 18.1 Å². The van der Waals surface area contributed by atoms with Crippen LogP contribution in [0.1, 0.15) is 18.1 Å². The molecule has 1 unspecified atom stereocenters. The summed E-state index contributed by atoms with van der Waals surface area (Å²) in [6, 6.07) is 17.3. The number of imide groups is 1. The number of carbonyl (C=O) groups excluding carboxylic acids is 3. The summed E-state index contributed by atoms with van der Waals surface area (Å²) in [7, 11) is 0. The Morgan fingerprint density at radius 3 is 2.24 bits per heavy atom. The second kappa shape index (κ2) is 6.76. The molecule has 0 radical (unpaired) electrons. The van der Waals surface area contributed by atoms with Gasteiger partial charge in [0.2, 0.25) is 5.54 Å². The number of carbonyl (C=O) groups is 3. The van der Waals surface area contributed by atoms with E-state index in [1.807, 2.05) is 30.3 Å². The van der Waals surface area contributed by atoms with Gasteiger partial charge in [0, 0.05) is 13.1 Å². The van der Waals surface area contributed by atoms with E-state index in [4.69, 9.17) is 0 Å². The van der Waals surface area contributed by atoms with Gasteiger partial charge in [0.25, 0.3) is 11.8 Å². The SMILES string of the molecule is CCNC(=O)C1(c2ccccc2)C(=O)NC(=O)N1Cc1ccccc1. The van der Waals surface area contributed by atoms with Crippen molar-refractivity contribution in [3.63, 3.8) is 0 Å². The van der Waals surface area contributed by atoms with E-state index >= 15 is 0 Å². The molecular weight excluding hydrogens is 318 g/mol. The van der Waals surface area contributed by atoms with E-state index in [1.165, 1.54) is 4.90 Å². The molecule has 2 N–H and O–H groups in total. The second-order valence-electron chi connectivity index (χ2n) is 5.77. The molecule has 2 aromatic carbocycles. The molecular formula is C19H19N3O3. The standard InChI is InChI=1S/C19H19N3O3/c1-2-20-16(23)19(15-11-7-4-8-12-15)17(24)21-18(25)22(19)13-14-9-5-3-6-10-14/h3-12H,2,13H2,1H3,(H,20,23)(H,21,24,25). The van der Waals surface area contributed by atoms with E-state index in [0.29, 0.717) is 12.1 Å². The number of urea groups is 1. The molecule has 0 aliphatic carbocycles. The Kier molecular flexibility index (Phi) is 4.52. The summed E-state index contributed by atoms with van der Waals surface area (Å²) in [6.07, 6.45) is 0. The number of rotatable bonds is 5. The fourth-order valence-corrected chi connectivity index (χ4v) is 3.10. The molecule has 1 aliphatic rings. The van der Waals surface area contributed by atoms with E-state index in [0.717, 1.165) is 5.56 Å². The maximum absolute atomic E-state index is 13.0. The molecule has 6 heteroatoms. The lowest BCUT2D eigenvalue weighted by atomic mass is 9.87. The molecule has 2 aromatic rings. The lowest BCUT2D eigenvalue weighted by molar-refractivity contribution is -0.141. The second-order valence-corrected chi connectivity index (χ2v) is 5.77. The Morgan fingerprint density at radius 2 is 1.64 bits per heavy atom. The minimum atomic E-state index is -1.72. The molecule has 4 amide bonds. The molecule has 1 saturated heterocycles. The van der Waals surface area contributed by atoms with Gasteiger partial charge in [-0.2, -0.15) is 0 Å². The van der Waals surface area contributed by atoms with Crippen LogP contribution < -0.4 is 10.6 Å². The van der Waals surface area contributed by atoms with Crippen LogP contribution in [0.15, 0.2) is 60.7 Å². The van der Waals surface area contributed by atoms with Gasteiger partial charge in [0.15, 0.2) is 0 Å². The van der Waals surface area contributed by atoms with Gasteiger partial charge in [0.1, 0.15) is 0 Å². The van der Waals surface area contributed by atoms with Crippen molar-refractivity contribution in [1.29, 1.82) is 0 Å². The summed E-state index contributed by atoms with van der Waals surface area (Å²) in [5.41, 5.74) is -0.429. The van der Waals surface area contributed by atoms with E-state index in [9.17, 15) is 14.4 Å². The van der Waals surface area contributed by atoms with Crippen molar-refractivity contribution in [2.24, 2.45) is 0 Å². The predicted molar refractivity (Wildman–Crippen MR) is 92.3 cm³/mol. The lowest BCUT2D eigenvalue weighted by Gasteiger charge is -2.34. The molecule has 0 saturated carbocycles. The number of benzene rings is 2. The molecule has 1 aliphatic heterocycles. The van der Waals surface area contributed by atoms with E-state index in [-0.39, 0.29) is 6.54 Å². The first-order valence-electron chi connectivity index (χ1n) is 8.11. The van der Waals surface area contributed by atoms with Crippen LogP contribution in [0.4, 0.5) is 4.79 Å². The monoisotopic (exact) mass is 337 g/mol. The zero-order chi connectivity index (χ0) is 17.9. The van der Waals surface area contributed by atoms with Crippen LogP contribution in [0.2, 0.25) is 0 Å². The molecule has 1 heterocycles. The summed E-state index contributed by atoms with van der Waals surface area (Å²) in [6.45, 7) is 2.27. The summed E-state index contributed by atoms with van der Waals surface area (Å²) in [5, 5.41) is 5.00. The van der Waals surface area contributed by atoms with Crippen molar-refractivity contribution in [1.82, 2.24) is 15.5 Å². The van der Waals surface area contributed by atoms with E-state index in [1.54, 1.807) is 37.3 Å². The van der Waals surface area contributed by atoms with Crippen LogP contribution in [0.3, 0.4) is 0 Å². The molecule has 0 bridgehead atoms. The molecule has 1 atom stereocenters. The number of hydrogen-bond donors (Lipinski definition) is 2. The molecule has 3 rings (SSSR count). The van der Waals surface area contributed by atoms with Crippen molar-refractivity contribution in [2.75, 3.05) is 6.54 Å². The van der Waals surface area contributed by atoms with Gasteiger partial charge in [-0.25, -0.2) is 4.79 Å². The Bertz CT molecular complexity index is 792. The average Bonchev–Trinajstić information content (AvgIpc) is 2.88. The van der Waals surface area contributed by atoms with Gasteiger partial charge in [0.05, 0.1) is 0 Å². The number of amides is 4. The van der Waals surface area contributed by atoms with Crippen LogP contribution in [0.5, 0.6) is 0 Å². The minimum Gasteiger partial charge on any atom is -0.354 e. The highest BCUT2D eigenvalue weighted by molar-refractivity contribution is 6.20. The van der Waals surface area contributed by atoms with Crippen LogP contribution in [-0.2, 0) is 21.7 Å². The van der Waals surface area contributed by atoms with Crippen molar-refractivity contribution in [3.05, 3.63) is 71.8 Å². The summed E-state index contributed by atoms with van der Waals surface area (Å²) in [5.74, 6) is -1.15. The average molecular weight is 337 g/mol. The first kappa shape index (κ1) is 16.7. The van der Waals surface area contributed by atoms with Crippen molar-refractivity contribution >= 4 is 17.8 Å². The fraction of sp³-hybridized carbons (Fsp3) is 0.211. The van der Waals surface area contributed by atoms with Crippen molar-refractivity contribution in [3.8, 4) is 0 Å². The van der Waals surface area contributed by atoms with Gasteiger partial charge in [-0.15, -0.1) is 0 Å². The molecule has 6 nitrogen and oxygen atoms in total. The van der Waals surface area contributed by atoms with Gasteiger partial charge < -0.3 is 5.32 Å². The molecule has 1 fully saturated rings. The molecule has 0 aromatic heterocycles. The summed E-state index contributed by atoms with van der Waals surface area (Å²) < 4.78 is 0. The maximum atomic E-state index is 13.0. The third-order valence-corrected chi connectivity index (χ3v) is 4.24. The number of likely N-dealkylation sites (N-methyl/N-ethyl adjacent to an activating group) is 1. The Balaban J connectivity index is 2.13. The topological polar surface area (TPSA) is 78.5 Å². The zero-order valence-corrected chi connectivity index (χ0v) is 13.9. The normalized spacial score (nSPS) is 19.6. The Hall–Kier alpha value is -3.15. The van der Waals surface area contributed by atoms with Crippen LogP contribution >= 0.6 is 0 Å². The maximum Gasteiger partial charge on any atom is 0.326 e.